The maximum atomic E-state index is 11.9. The maximum absolute atomic E-state index is 11.9. The normalized spacial score (nSPS) is 15.2. The van der Waals surface area contributed by atoms with Gasteiger partial charge < -0.3 is 27.7 Å². The molecular formula is C59H49N13O21S6. The quantitative estimate of drug-likeness (QED) is 0.0603. The van der Waals surface area contributed by atoms with Crippen LogP contribution in [0.25, 0.3) is 49.6 Å². The summed E-state index contributed by atoms with van der Waals surface area (Å²) in [6.45, 7) is 3.60. The number of rotatable bonds is 12. The average Bonchev–Trinajstić information content (AvgIpc) is 0.786. The number of hydrogen-bond acceptors (Lipinski definition) is 21. The lowest BCUT2D eigenvalue weighted by molar-refractivity contribution is -0.113. The van der Waals surface area contributed by atoms with Gasteiger partial charge in [0.15, 0.2) is 5.78 Å². The highest BCUT2D eigenvalue weighted by molar-refractivity contribution is 7.99. The summed E-state index contributed by atoms with van der Waals surface area (Å²) < 4.78 is 158. The first kappa shape index (κ1) is 78.6. The number of nitrogens with one attached hydrogen (secondary N) is 3. The number of carbonyl (C=O) groups excluding carboxylic acids is 6. The van der Waals surface area contributed by atoms with Crippen molar-refractivity contribution in [2.45, 2.75) is 9.79 Å². The number of allylic oxidation sites excluding steroid dienone is 11. The van der Waals surface area contributed by atoms with Crippen LogP contribution >= 0.6 is 0 Å². The molecule has 0 aliphatic heterocycles. The molecule has 512 valence electrons. The summed E-state index contributed by atoms with van der Waals surface area (Å²) in [4.78, 5) is 82.4. The molecule has 0 aromatic heterocycles. The van der Waals surface area contributed by atoms with Gasteiger partial charge in [0.2, 0.25) is 30.1 Å². The summed E-state index contributed by atoms with van der Waals surface area (Å²) in [5, 5.41) is 0. The predicted octanol–water partition coefficient (Wildman–Crippen LogP) is 2.46. The van der Waals surface area contributed by atoms with Gasteiger partial charge in [0.25, 0.3) is 59.3 Å². The van der Waals surface area contributed by atoms with Crippen LogP contribution in [0.15, 0.2) is 177 Å². The number of sulfonamides is 3. The molecule has 99 heavy (non-hydrogen) atoms. The van der Waals surface area contributed by atoms with E-state index in [0.29, 0.717) is 22.3 Å². The minimum Gasteiger partial charge on any atom is -0.361 e. The van der Waals surface area contributed by atoms with Gasteiger partial charge in [-0.3, -0.25) is 41.3 Å². The number of nitrogens with zero attached hydrogens (tertiary/aromatic N) is 10. The summed E-state index contributed by atoms with van der Waals surface area (Å²) in [6, 6.07) is 21.3. The van der Waals surface area contributed by atoms with Crippen molar-refractivity contribution in [3.05, 3.63) is 240 Å². The summed E-state index contributed by atoms with van der Waals surface area (Å²) in [6.07, 6.45) is 14.0. The molecule has 0 amide bonds. The number of fused-ring (bicyclic) bond motifs is 4. The van der Waals surface area contributed by atoms with Gasteiger partial charge in [0, 0.05) is 56.2 Å². The average molecular weight is 1470 g/mol. The number of benzene rings is 4. The highest BCUT2D eigenvalue weighted by Gasteiger charge is 2.37. The highest BCUT2D eigenvalue weighted by Crippen LogP contribution is 2.32. The Morgan fingerprint density at radius 3 is 1.17 bits per heavy atom. The van der Waals surface area contributed by atoms with Crippen LogP contribution in [0.5, 0.6) is 0 Å². The van der Waals surface area contributed by atoms with E-state index < -0.39 is 89.3 Å². The van der Waals surface area contributed by atoms with E-state index in [1.807, 2.05) is 0 Å². The second-order valence-corrected chi connectivity index (χ2v) is 29.6. The standard InChI is InChI=1S/C12H11NO3S.C11H9N3O3S.2C11H8N2O4S.C7H7N3O3S.C7H6N2O4S/c1-8-6-7-9-10(12(8)14)4-3-5-11(9)17(15,16)13-2;1-13-18(16,17)10-6-9(14-12)11(15)8-5-3-2-4-7(8)10;1-17-18(15,16)10-4-2-3-8-7(10)5-6-9(13-12)11(8)14;1-17-18(15,16)10-6-9(13-12)11(14)8-5-3-2-4-7(8)10;1-9-14(12,13)5-2-3-7(11)6(4-5)10-8;1-13-14(11,12)5-2-3-7(10)6(4-5)9-8/h3-7,13H,1H2,2H3;2-6,13H,1H3;2*2-6H,1H3;2-4,9H,1H3;2-4H,1H3. The fraction of sp³-hybridized carbons (Fsp3) is 0.102. The third-order valence-electron chi connectivity index (χ3n) is 13.5. The van der Waals surface area contributed by atoms with Gasteiger partial charge in [-0.05, 0) is 63.7 Å². The number of hydrogen-bond donors (Lipinski definition) is 3. The molecule has 0 saturated heterocycles. The molecule has 0 spiro atoms. The van der Waals surface area contributed by atoms with E-state index in [2.05, 4.69) is 57.2 Å². The van der Waals surface area contributed by atoms with Crippen molar-refractivity contribution in [3.63, 3.8) is 0 Å². The molecule has 40 heteroatoms. The Hall–Kier alpha value is -11.1. The van der Waals surface area contributed by atoms with E-state index in [1.165, 1.54) is 87.9 Å². The second-order valence-electron chi connectivity index (χ2n) is 19.0. The topological polar surface area (TPSA) is 553 Å². The Morgan fingerprint density at radius 2 is 0.717 bits per heavy atom. The lowest BCUT2D eigenvalue weighted by Gasteiger charge is -2.14. The summed E-state index contributed by atoms with van der Waals surface area (Å²) in [5.74, 6) is -2.93. The van der Waals surface area contributed by atoms with E-state index in [1.54, 1.807) is 42.5 Å². The lowest BCUT2D eigenvalue weighted by Crippen LogP contribution is -2.27. The Morgan fingerprint density at radius 1 is 0.343 bits per heavy atom. The van der Waals surface area contributed by atoms with Crippen LogP contribution in [0.4, 0.5) is 0 Å². The van der Waals surface area contributed by atoms with Gasteiger partial charge in [0.1, 0.15) is 14.7 Å². The SMILES string of the molecule is C=C1C=Cc2c(cccc2S(=O)(=O)NC)C1=O.CNS(=O)(=O)C1=CC(=[N+]=[N-])C(=O)C=C1.CNS(=O)(=O)C1=CC(=[N+]=[N-])C(=O)c2ccccc21.COS(=O)(=O)C1=CC(=[N+]=[N-])C(=O)C=C1.COS(=O)(=O)C1=CC(=[N+]=[N-])C(=O)c2ccccc21.COS(=O)(=O)c1cccc2c1C=CC(=[N+]=[N-])C2=O. The van der Waals surface area contributed by atoms with Crippen molar-refractivity contribution < 1.29 is 116 Å². The van der Waals surface area contributed by atoms with Gasteiger partial charge in [-0.15, -0.1) is 0 Å². The second kappa shape index (κ2) is 32.8. The Balaban J connectivity index is 0.000000215. The largest absolute Gasteiger partial charge is 0.364 e. The van der Waals surface area contributed by atoms with Crippen molar-refractivity contribution in [2.24, 2.45) is 0 Å². The van der Waals surface area contributed by atoms with Crippen LogP contribution in [0.3, 0.4) is 0 Å². The molecule has 4 aromatic carbocycles. The van der Waals surface area contributed by atoms with Crippen LogP contribution in [0.2, 0.25) is 0 Å². The molecule has 0 atom stereocenters. The first-order valence-corrected chi connectivity index (χ1v) is 35.5. The number of Topliss-reactive ketones (excluding diaryl/α,β-unsaturated/α-hetero) is 4. The lowest BCUT2D eigenvalue weighted by atomic mass is 9.93. The summed E-state index contributed by atoms with van der Waals surface area (Å²) in [5.41, 5.74) is 43.9. The molecule has 0 fully saturated rings. The Bertz CT molecular complexity index is 5260. The van der Waals surface area contributed by atoms with Crippen molar-refractivity contribution in [2.75, 3.05) is 42.5 Å². The molecule has 0 heterocycles. The van der Waals surface area contributed by atoms with Crippen LogP contribution in [0.1, 0.15) is 63.7 Å². The molecule has 0 bridgehead atoms. The molecule has 4 aromatic rings. The third kappa shape index (κ3) is 17.9. The summed E-state index contributed by atoms with van der Waals surface area (Å²) >= 11 is 0. The molecule has 6 aliphatic rings. The smallest absolute Gasteiger partial charge is 0.361 e. The molecule has 3 N–H and O–H groups in total. The van der Waals surface area contributed by atoms with Gasteiger partial charge in [0.05, 0.1) is 60.3 Å². The first-order chi connectivity index (χ1) is 46.5. The fourth-order valence-corrected chi connectivity index (χ4v) is 13.5. The van der Waals surface area contributed by atoms with Gasteiger partial charge in [-0.25, -0.2) is 39.4 Å². The number of carbonyl (C=O) groups is 6. The molecular weight excluding hydrogens is 1420 g/mol. The minimum absolute atomic E-state index is 0.0898. The zero-order valence-electron chi connectivity index (χ0n) is 51.7. The van der Waals surface area contributed by atoms with Gasteiger partial charge in [-0.2, -0.15) is 49.2 Å². The van der Waals surface area contributed by atoms with E-state index in [-0.39, 0.29) is 91.6 Å². The first-order valence-electron chi connectivity index (χ1n) is 26.9. The van der Waals surface area contributed by atoms with Crippen LogP contribution < -0.4 is 14.2 Å². The van der Waals surface area contributed by atoms with Crippen LogP contribution in [-0.4, -0.2) is 180 Å². The van der Waals surface area contributed by atoms with Gasteiger partial charge >= 0.3 is 28.6 Å². The van der Waals surface area contributed by atoms with Crippen LogP contribution in [0, 0.1) is 0 Å². The van der Waals surface area contributed by atoms with Crippen molar-refractivity contribution in [1.29, 1.82) is 0 Å². The third-order valence-corrected chi connectivity index (χ3v) is 21.7. The Kier molecular flexibility index (Phi) is 26.0. The van der Waals surface area contributed by atoms with E-state index in [4.69, 9.17) is 27.7 Å². The van der Waals surface area contributed by atoms with Crippen molar-refractivity contribution in [3.8, 4) is 0 Å². The van der Waals surface area contributed by atoms with E-state index >= 15 is 0 Å². The van der Waals surface area contributed by atoms with Gasteiger partial charge in [-0.1, -0.05) is 91.5 Å². The van der Waals surface area contributed by atoms with E-state index in [9.17, 15) is 79.3 Å². The van der Waals surface area contributed by atoms with E-state index in [0.717, 1.165) is 69.9 Å². The molecule has 0 saturated carbocycles. The molecule has 34 nitrogen and oxygen atoms in total. The summed E-state index contributed by atoms with van der Waals surface area (Å²) in [7, 11) is -15.7. The highest BCUT2D eigenvalue weighted by atomic mass is 32.2. The van der Waals surface area contributed by atoms with Crippen molar-refractivity contribution in [1.82, 2.24) is 14.2 Å². The monoisotopic (exact) mass is 1470 g/mol. The number of ketones is 6. The zero-order valence-corrected chi connectivity index (χ0v) is 56.6. The predicted molar refractivity (Wildman–Crippen MR) is 352 cm³/mol. The molecule has 0 unspecified atom stereocenters. The molecule has 6 aliphatic carbocycles. The fourth-order valence-electron chi connectivity index (χ4n) is 8.43. The maximum Gasteiger partial charge on any atom is 0.364 e. The molecule has 0 radical (unpaired) electrons. The molecule has 10 rings (SSSR count). The van der Waals surface area contributed by atoms with Crippen LogP contribution in [-0.2, 0) is 82.6 Å². The Labute approximate surface area is 564 Å². The minimum atomic E-state index is -3.98. The zero-order chi connectivity index (χ0) is 74.2. The van der Waals surface area contributed by atoms with Crippen molar-refractivity contribution >= 4 is 146 Å².